The number of carbonyl (C=O) groups excluding carboxylic acids is 1. The maximum Gasteiger partial charge on any atom is 0.242 e. The number of nitrogens with zero attached hydrogens (tertiary/aromatic N) is 1. The third-order valence-corrected chi connectivity index (χ3v) is 3.33. The van der Waals surface area contributed by atoms with Gasteiger partial charge in [0.05, 0.1) is 5.69 Å². The average Bonchev–Trinajstić information content (AvgIpc) is 2.14. The van der Waals surface area contributed by atoms with Gasteiger partial charge in [-0.1, -0.05) is 32.0 Å². The van der Waals surface area contributed by atoms with Gasteiger partial charge < -0.3 is 0 Å². The van der Waals surface area contributed by atoms with Crippen molar-refractivity contribution in [1.29, 1.82) is 0 Å². The minimum Gasteiger partial charge on any atom is -0.273 e. The quantitative estimate of drug-likeness (QED) is 0.619. The zero-order valence-corrected chi connectivity index (χ0v) is 9.93. The van der Waals surface area contributed by atoms with E-state index in [4.69, 9.17) is 11.8 Å². The van der Waals surface area contributed by atoms with Crippen LogP contribution in [0, 0.1) is 6.92 Å². The highest BCUT2D eigenvalue weighted by Gasteiger charge is 2.36. The average molecular weight is 224 g/mol. The molecule has 0 aliphatic carbocycles. The summed E-state index contributed by atoms with van der Waals surface area (Å²) in [5.41, 5.74) is 2.94. The van der Waals surface area contributed by atoms with Crippen LogP contribution < -0.4 is 4.42 Å². The molecule has 0 saturated heterocycles. The Balaban J connectivity index is 2.69. The molecule has 2 rings (SSSR count). The Morgan fingerprint density at radius 3 is 2.73 bits per heavy atom. The van der Waals surface area contributed by atoms with Crippen molar-refractivity contribution < 1.29 is 4.79 Å². The van der Waals surface area contributed by atoms with E-state index in [-0.39, 0.29) is 11.3 Å². The lowest BCUT2D eigenvalue weighted by Crippen LogP contribution is -2.37. The van der Waals surface area contributed by atoms with Gasteiger partial charge in [-0.25, -0.2) is 4.42 Å². The first kappa shape index (κ1) is 10.5. The van der Waals surface area contributed by atoms with Crippen LogP contribution in [0.1, 0.15) is 31.4 Å². The summed E-state index contributed by atoms with van der Waals surface area (Å²) in [6, 6.07) is 6.03. The van der Waals surface area contributed by atoms with Crippen molar-refractivity contribution in [2.24, 2.45) is 0 Å². The lowest BCUT2D eigenvalue weighted by molar-refractivity contribution is -0.118. The van der Waals surface area contributed by atoms with Gasteiger partial charge >= 0.3 is 0 Å². The summed E-state index contributed by atoms with van der Waals surface area (Å²) in [7, 11) is 0. The van der Waals surface area contributed by atoms with Gasteiger partial charge in [0.25, 0.3) is 0 Å². The Morgan fingerprint density at radius 2 is 2.07 bits per heavy atom. The molecule has 1 aromatic carbocycles. The maximum absolute atomic E-state index is 11.7. The molecule has 1 aliphatic rings. The van der Waals surface area contributed by atoms with Crippen molar-refractivity contribution in [2.45, 2.75) is 32.6 Å². The summed E-state index contributed by atoms with van der Waals surface area (Å²) in [5, 5.41) is 0. The minimum atomic E-state index is -0.121. The van der Waals surface area contributed by atoms with E-state index in [0.717, 1.165) is 16.8 Å². The van der Waals surface area contributed by atoms with Crippen LogP contribution in [0.25, 0.3) is 0 Å². The topological polar surface area (TPSA) is 20.3 Å². The summed E-state index contributed by atoms with van der Waals surface area (Å²) in [5.74, 6) is -0.0246. The number of amides is 1. The standard InChI is InChI=1S/C12H14ClNO/c1-8-5-4-6-9-11(8)14(13)10(15)7-12(9,2)3/h4-6H,7H2,1-3H3. The summed E-state index contributed by atoms with van der Waals surface area (Å²) >= 11 is 6.01. The molecular formula is C12H14ClNO. The summed E-state index contributed by atoms with van der Waals surface area (Å²) in [4.78, 5) is 11.7. The van der Waals surface area contributed by atoms with Crippen LogP contribution in [0.4, 0.5) is 5.69 Å². The van der Waals surface area contributed by atoms with Gasteiger partial charge in [0.2, 0.25) is 5.91 Å². The number of hydrogen-bond donors (Lipinski definition) is 0. The summed E-state index contributed by atoms with van der Waals surface area (Å²) < 4.78 is 1.26. The normalized spacial score (nSPS) is 18.9. The van der Waals surface area contributed by atoms with Gasteiger partial charge in [-0.3, -0.25) is 4.79 Å². The van der Waals surface area contributed by atoms with E-state index in [1.54, 1.807) is 0 Å². The second-order valence-electron chi connectivity index (χ2n) is 4.71. The second-order valence-corrected chi connectivity index (χ2v) is 5.04. The highest BCUT2D eigenvalue weighted by atomic mass is 35.5. The molecule has 1 heterocycles. The Labute approximate surface area is 95.0 Å². The Bertz CT molecular complexity index is 426. The largest absolute Gasteiger partial charge is 0.273 e. The molecule has 0 spiro atoms. The Morgan fingerprint density at radius 1 is 1.40 bits per heavy atom. The van der Waals surface area contributed by atoms with Gasteiger partial charge in [-0.15, -0.1) is 0 Å². The third-order valence-electron chi connectivity index (χ3n) is 2.98. The predicted molar refractivity (Wildman–Crippen MR) is 62.2 cm³/mol. The van der Waals surface area contributed by atoms with E-state index >= 15 is 0 Å². The lowest BCUT2D eigenvalue weighted by atomic mass is 9.77. The van der Waals surface area contributed by atoms with Gasteiger partial charge in [-0.2, -0.15) is 0 Å². The predicted octanol–water partition coefficient (Wildman–Crippen LogP) is 3.16. The minimum absolute atomic E-state index is 0.0246. The second kappa shape index (κ2) is 3.24. The van der Waals surface area contributed by atoms with Crippen LogP contribution >= 0.6 is 11.8 Å². The molecule has 0 saturated carbocycles. The molecule has 1 aromatic rings. The molecule has 1 amide bonds. The van der Waals surface area contributed by atoms with E-state index in [9.17, 15) is 4.79 Å². The molecule has 0 fully saturated rings. The molecule has 0 aromatic heterocycles. The fourth-order valence-electron chi connectivity index (χ4n) is 2.13. The molecule has 0 atom stereocenters. The number of rotatable bonds is 0. The van der Waals surface area contributed by atoms with E-state index < -0.39 is 0 Å². The van der Waals surface area contributed by atoms with Crippen molar-refractivity contribution in [3.8, 4) is 0 Å². The molecule has 80 valence electrons. The fraction of sp³-hybridized carbons (Fsp3) is 0.417. The van der Waals surface area contributed by atoms with Crippen molar-refractivity contribution in [3.05, 3.63) is 29.3 Å². The van der Waals surface area contributed by atoms with Crippen LogP contribution in [0.15, 0.2) is 18.2 Å². The molecule has 3 heteroatoms. The van der Waals surface area contributed by atoms with Crippen molar-refractivity contribution in [2.75, 3.05) is 4.42 Å². The first-order valence-corrected chi connectivity index (χ1v) is 5.36. The van der Waals surface area contributed by atoms with E-state index in [1.807, 2.05) is 25.1 Å². The number of carbonyl (C=O) groups is 1. The van der Waals surface area contributed by atoms with Crippen LogP contribution in [-0.4, -0.2) is 5.91 Å². The molecule has 1 aliphatic heterocycles. The number of hydrogen-bond acceptors (Lipinski definition) is 1. The van der Waals surface area contributed by atoms with Gasteiger partial charge in [0.15, 0.2) is 0 Å². The highest BCUT2D eigenvalue weighted by molar-refractivity contribution is 6.37. The zero-order valence-electron chi connectivity index (χ0n) is 9.17. The summed E-state index contributed by atoms with van der Waals surface area (Å²) in [6.07, 6.45) is 0.465. The van der Waals surface area contributed by atoms with E-state index in [0.29, 0.717) is 6.42 Å². The van der Waals surface area contributed by atoms with Crippen molar-refractivity contribution >= 4 is 23.4 Å². The lowest BCUT2D eigenvalue weighted by Gasteiger charge is -2.36. The molecular weight excluding hydrogens is 210 g/mol. The molecule has 0 bridgehead atoms. The number of benzene rings is 1. The highest BCUT2D eigenvalue weighted by Crippen LogP contribution is 2.42. The Hall–Kier alpha value is -1.02. The molecule has 0 unspecified atom stereocenters. The van der Waals surface area contributed by atoms with Crippen LogP contribution in [0.3, 0.4) is 0 Å². The third kappa shape index (κ3) is 1.53. The SMILES string of the molecule is Cc1cccc2c1N(Cl)C(=O)CC2(C)C. The zero-order chi connectivity index (χ0) is 11.2. The molecule has 0 radical (unpaired) electrons. The monoisotopic (exact) mass is 223 g/mol. The number of aryl methyl sites for hydroxylation is 1. The Kier molecular flexibility index (Phi) is 2.27. The first-order chi connectivity index (χ1) is 6.93. The van der Waals surface area contributed by atoms with Crippen LogP contribution in [0.2, 0.25) is 0 Å². The van der Waals surface area contributed by atoms with Crippen LogP contribution in [0.5, 0.6) is 0 Å². The number of para-hydroxylation sites is 1. The maximum atomic E-state index is 11.7. The van der Waals surface area contributed by atoms with E-state index in [2.05, 4.69) is 13.8 Å². The fourth-order valence-corrected chi connectivity index (χ4v) is 2.42. The molecule has 0 N–H and O–H groups in total. The first-order valence-electron chi connectivity index (χ1n) is 5.02. The number of fused-ring (bicyclic) bond motifs is 1. The van der Waals surface area contributed by atoms with Crippen molar-refractivity contribution in [3.63, 3.8) is 0 Å². The number of anilines is 1. The van der Waals surface area contributed by atoms with Gasteiger partial charge in [0, 0.05) is 23.6 Å². The number of halogens is 1. The van der Waals surface area contributed by atoms with Crippen LogP contribution in [-0.2, 0) is 10.2 Å². The smallest absolute Gasteiger partial charge is 0.242 e. The van der Waals surface area contributed by atoms with Crippen molar-refractivity contribution in [1.82, 2.24) is 0 Å². The molecule has 15 heavy (non-hydrogen) atoms. The van der Waals surface area contributed by atoms with Gasteiger partial charge in [-0.05, 0) is 18.1 Å². The molecule has 2 nitrogen and oxygen atoms in total. The van der Waals surface area contributed by atoms with E-state index in [1.165, 1.54) is 4.42 Å². The summed E-state index contributed by atoms with van der Waals surface area (Å²) in [6.45, 7) is 6.13. The van der Waals surface area contributed by atoms with Gasteiger partial charge in [0.1, 0.15) is 0 Å².